The van der Waals surface area contributed by atoms with Crippen molar-refractivity contribution < 1.29 is 12.6 Å². The van der Waals surface area contributed by atoms with E-state index in [1.54, 1.807) is 0 Å². The molecule has 0 aromatic heterocycles. The lowest BCUT2D eigenvalue weighted by Crippen LogP contribution is -2.03. The lowest BCUT2D eigenvalue weighted by Gasteiger charge is -2.03. The molecule has 0 fully saturated rings. The number of hydrogen-bond acceptors (Lipinski definition) is 3. The first kappa shape index (κ1) is 13.4. The van der Waals surface area contributed by atoms with Gasteiger partial charge in [-0.2, -0.15) is 4.21 Å². The summed E-state index contributed by atoms with van der Waals surface area (Å²) in [5.41, 5.74) is 0.994. The Morgan fingerprint density at radius 2 is 1.88 bits per heavy atom. The SMILES string of the molecule is CCCCCOS(=O)OCc1ccccc1. The van der Waals surface area contributed by atoms with Crippen LogP contribution < -0.4 is 0 Å². The largest absolute Gasteiger partial charge is 0.304 e. The highest BCUT2D eigenvalue weighted by atomic mass is 32.2. The molecule has 0 bridgehead atoms. The van der Waals surface area contributed by atoms with Crippen LogP contribution in [-0.4, -0.2) is 10.8 Å². The van der Waals surface area contributed by atoms with Crippen LogP contribution in [-0.2, 0) is 26.3 Å². The zero-order chi connectivity index (χ0) is 11.6. The molecule has 1 atom stereocenters. The van der Waals surface area contributed by atoms with Gasteiger partial charge in [-0.05, 0) is 12.0 Å². The molecule has 1 unspecified atom stereocenters. The summed E-state index contributed by atoms with van der Waals surface area (Å²) in [4.78, 5) is 0. The van der Waals surface area contributed by atoms with Crippen LogP contribution in [0.5, 0.6) is 0 Å². The Labute approximate surface area is 99.6 Å². The van der Waals surface area contributed by atoms with Gasteiger partial charge in [0.25, 0.3) is 0 Å². The number of unbranched alkanes of at least 4 members (excludes halogenated alkanes) is 2. The normalized spacial score (nSPS) is 12.6. The molecular weight excluding hydrogens is 224 g/mol. The van der Waals surface area contributed by atoms with Gasteiger partial charge in [-0.3, -0.25) is 8.37 Å². The van der Waals surface area contributed by atoms with Crippen molar-refractivity contribution >= 4 is 11.4 Å². The molecule has 0 saturated heterocycles. The third-order valence-electron chi connectivity index (χ3n) is 2.09. The first-order valence-corrected chi connectivity index (χ1v) is 6.55. The van der Waals surface area contributed by atoms with Crippen molar-refractivity contribution in [3.8, 4) is 0 Å². The first-order valence-electron chi connectivity index (χ1n) is 5.55. The number of rotatable bonds is 8. The molecule has 90 valence electrons. The van der Waals surface area contributed by atoms with Crippen molar-refractivity contribution in [1.29, 1.82) is 0 Å². The van der Waals surface area contributed by atoms with Crippen LogP contribution in [0.4, 0.5) is 0 Å². The number of benzene rings is 1. The van der Waals surface area contributed by atoms with Crippen LogP contribution >= 0.6 is 0 Å². The van der Waals surface area contributed by atoms with E-state index in [1.165, 1.54) is 0 Å². The molecular formula is C12H18O3S. The van der Waals surface area contributed by atoms with E-state index in [1.807, 2.05) is 30.3 Å². The van der Waals surface area contributed by atoms with Gasteiger partial charge in [-0.15, -0.1) is 0 Å². The Morgan fingerprint density at radius 3 is 2.56 bits per heavy atom. The Kier molecular flexibility index (Phi) is 7.05. The smallest absolute Gasteiger partial charge is 0.268 e. The molecule has 0 aliphatic heterocycles. The maximum atomic E-state index is 11.2. The maximum absolute atomic E-state index is 11.2. The fourth-order valence-electron chi connectivity index (χ4n) is 1.20. The summed E-state index contributed by atoms with van der Waals surface area (Å²) in [7, 11) is 0. The third kappa shape index (κ3) is 6.00. The monoisotopic (exact) mass is 242 g/mol. The fourth-order valence-corrected chi connectivity index (χ4v) is 1.76. The van der Waals surface area contributed by atoms with Crippen molar-refractivity contribution in [3.05, 3.63) is 35.9 Å². The molecule has 1 aromatic rings. The molecule has 0 aliphatic carbocycles. The molecule has 1 aromatic carbocycles. The molecule has 0 heterocycles. The Hall–Kier alpha value is -0.710. The van der Waals surface area contributed by atoms with Gasteiger partial charge in [0.2, 0.25) is 0 Å². The Bertz CT molecular complexity index is 300. The molecule has 0 N–H and O–H groups in total. The second-order valence-corrected chi connectivity index (χ2v) is 4.36. The lowest BCUT2D eigenvalue weighted by atomic mass is 10.2. The van der Waals surface area contributed by atoms with Gasteiger partial charge in [0.15, 0.2) is 0 Å². The van der Waals surface area contributed by atoms with Gasteiger partial charge in [0.05, 0.1) is 13.2 Å². The summed E-state index contributed by atoms with van der Waals surface area (Å²) in [5, 5.41) is 0. The summed E-state index contributed by atoms with van der Waals surface area (Å²) < 4.78 is 21.3. The van der Waals surface area contributed by atoms with Crippen molar-refractivity contribution in [1.82, 2.24) is 0 Å². The highest BCUT2D eigenvalue weighted by Crippen LogP contribution is 2.03. The first-order chi connectivity index (χ1) is 7.83. The topological polar surface area (TPSA) is 35.5 Å². The van der Waals surface area contributed by atoms with E-state index in [0.29, 0.717) is 13.2 Å². The van der Waals surface area contributed by atoms with E-state index in [-0.39, 0.29) is 0 Å². The second-order valence-electron chi connectivity index (χ2n) is 3.48. The predicted octanol–water partition coefficient (Wildman–Crippen LogP) is 2.99. The van der Waals surface area contributed by atoms with Gasteiger partial charge in [-0.25, -0.2) is 0 Å². The highest BCUT2D eigenvalue weighted by Gasteiger charge is 2.01. The summed E-state index contributed by atoms with van der Waals surface area (Å²) in [6.07, 6.45) is 3.15. The molecule has 4 heteroatoms. The summed E-state index contributed by atoms with van der Waals surface area (Å²) in [5.74, 6) is 0. The van der Waals surface area contributed by atoms with Crippen LogP contribution in [0.15, 0.2) is 30.3 Å². The standard InChI is InChI=1S/C12H18O3S/c1-2-3-7-10-14-16(13)15-11-12-8-5-4-6-9-12/h4-6,8-9H,2-3,7,10-11H2,1H3. The molecule has 0 spiro atoms. The minimum absolute atomic E-state index is 0.321. The quantitative estimate of drug-likeness (QED) is 0.657. The van der Waals surface area contributed by atoms with E-state index >= 15 is 0 Å². The molecule has 0 aliphatic rings. The zero-order valence-electron chi connectivity index (χ0n) is 9.56. The minimum Gasteiger partial charge on any atom is -0.268 e. The second kappa shape index (κ2) is 8.44. The third-order valence-corrected chi connectivity index (χ3v) is 2.76. The van der Waals surface area contributed by atoms with E-state index in [9.17, 15) is 4.21 Å². The molecule has 1 rings (SSSR count). The van der Waals surface area contributed by atoms with Crippen molar-refractivity contribution in [2.45, 2.75) is 32.8 Å². The van der Waals surface area contributed by atoms with E-state index in [2.05, 4.69) is 6.92 Å². The van der Waals surface area contributed by atoms with Gasteiger partial charge in [0, 0.05) is 0 Å². The number of hydrogen-bond donors (Lipinski definition) is 0. The van der Waals surface area contributed by atoms with Gasteiger partial charge in [-0.1, -0.05) is 50.1 Å². The molecule has 0 radical (unpaired) electrons. The zero-order valence-corrected chi connectivity index (χ0v) is 10.4. The van der Waals surface area contributed by atoms with E-state index in [0.717, 1.165) is 24.8 Å². The average Bonchev–Trinajstić information content (AvgIpc) is 2.33. The molecule has 0 amide bonds. The molecule has 3 nitrogen and oxygen atoms in total. The van der Waals surface area contributed by atoms with Gasteiger partial charge >= 0.3 is 11.4 Å². The van der Waals surface area contributed by atoms with Crippen LogP contribution in [0, 0.1) is 0 Å². The van der Waals surface area contributed by atoms with Crippen LogP contribution in [0.1, 0.15) is 31.7 Å². The summed E-state index contributed by atoms with van der Waals surface area (Å²) in [6.45, 7) is 2.93. The fraction of sp³-hybridized carbons (Fsp3) is 0.500. The minimum atomic E-state index is -1.62. The van der Waals surface area contributed by atoms with Gasteiger partial charge < -0.3 is 0 Å². The highest BCUT2D eigenvalue weighted by molar-refractivity contribution is 7.75. The lowest BCUT2D eigenvalue weighted by molar-refractivity contribution is 0.239. The Morgan fingerprint density at radius 1 is 1.12 bits per heavy atom. The van der Waals surface area contributed by atoms with E-state index < -0.39 is 11.4 Å². The van der Waals surface area contributed by atoms with Crippen molar-refractivity contribution in [3.63, 3.8) is 0 Å². The predicted molar refractivity (Wildman–Crippen MR) is 64.9 cm³/mol. The van der Waals surface area contributed by atoms with Crippen LogP contribution in [0.3, 0.4) is 0 Å². The van der Waals surface area contributed by atoms with Gasteiger partial charge in [0.1, 0.15) is 0 Å². The van der Waals surface area contributed by atoms with Crippen LogP contribution in [0.25, 0.3) is 0 Å². The van der Waals surface area contributed by atoms with E-state index in [4.69, 9.17) is 8.37 Å². The molecule has 16 heavy (non-hydrogen) atoms. The molecule has 0 saturated carbocycles. The van der Waals surface area contributed by atoms with Crippen molar-refractivity contribution in [2.24, 2.45) is 0 Å². The van der Waals surface area contributed by atoms with Crippen molar-refractivity contribution in [2.75, 3.05) is 6.61 Å². The summed E-state index contributed by atoms with van der Waals surface area (Å²) in [6, 6.07) is 9.62. The Balaban J connectivity index is 2.11. The van der Waals surface area contributed by atoms with Crippen LogP contribution in [0.2, 0.25) is 0 Å². The average molecular weight is 242 g/mol. The summed E-state index contributed by atoms with van der Waals surface area (Å²) >= 11 is -1.62. The maximum Gasteiger partial charge on any atom is 0.304 e.